The van der Waals surface area contributed by atoms with E-state index in [9.17, 15) is 25.2 Å². The van der Waals surface area contributed by atoms with Crippen molar-refractivity contribution in [2.45, 2.75) is 31.5 Å². The summed E-state index contributed by atoms with van der Waals surface area (Å²) in [5, 5.41) is 51.5. The zero-order valence-electron chi connectivity index (χ0n) is 13.0. The highest BCUT2D eigenvalue weighted by Crippen LogP contribution is 2.21. The van der Waals surface area contributed by atoms with Gasteiger partial charge in [0.15, 0.2) is 6.29 Å². The molecule has 0 fully saturated rings. The van der Waals surface area contributed by atoms with E-state index in [4.69, 9.17) is 9.52 Å². The second-order valence-corrected chi connectivity index (χ2v) is 5.73. The van der Waals surface area contributed by atoms with Crippen LogP contribution < -0.4 is 10.9 Å². The highest BCUT2D eigenvalue weighted by Gasteiger charge is 2.33. The maximum absolute atomic E-state index is 11.3. The zero-order chi connectivity index (χ0) is 17.9. The molecule has 0 aliphatic carbocycles. The molecular formula is C16H21NO7. The molecule has 6 N–H and O–H groups in total. The summed E-state index contributed by atoms with van der Waals surface area (Å²) in [6.45, 7) is 1.15. The van der Waals surface area contributed by atoms with Crippen LogP contribution in [-0.4, -0.2) is 56.7 Å². The summed E-state index contributed by atoms with van der Waals surface area (Å²) >= 11 is 0. The Balaban J connectivity index is 2.25. The first-order chi connectivity index (χ1) is 11.3. The Morgan fingerprint density at radius 2 is 1.75 bits per heavy atom. The predicted molar refractivity (Wildman–Crippen MR) is 86.4 cm³/mol. The van der Waals surface area contributed by atoms with E-state index in [1.165, 1.54) is 19.1 Å². The Bertz CT molecular complexity index is 730. The average molecular weight is 339 g/mol. The smallest absolute Gasteiger partial charge is 0.336 e. The summed E-state index contributed by atoms with van der Waals surface area (Å²) in [6.07, 6.45) is -4.89. The molecule has 0 aliphatic heterocycles. The fourth-order valence-electron chi connectivity index (χ4n) is 2.34. The van der Waals surface area contributed by atoms with Gasteiger partial charge in [-0.05, 0) is 18.2 Å². The van der Waals surface area contributed by atoms with Gasteiger partial charge in [0.25, 0.3) is 0 Å². The first-order valence-corrected chi connectivity index (χ1v) is 7.47. The van der Waals surface area contributed by atoms with Crippen LogP contribution in [0.5, 0.6) is 0 Å². The number of anilines is 1. The highest BCUT2D eigenvalue weighted by molar-refractivity contribution is 5.80. The van der Waals surface area contributed by atoms with E-state index in [2.05, 4.69) is 5.32 Å². The quantitative estimate of drug-likeness (QED) is 0.285. The molecule has 0 aliphatic rings. The molecule has 2 rings (SSSR count). The molecule has 4 atom stereocenters. The molecule has 1 aromatic heterocycles. The molecule has 132 valence electrons. The lowest BCUT2D eigenvalue weighted by Crippen LogP contribution is -2.51. The van der Waals surface area contributed by atoms with Crippen LogP contribution in [0.15, 0.2) is 39.5 Å². The average Bonchev–Trinajstić information content (AvgIpc) is 2.56. The van der Waals surface area contributed by atoms with Crippen molar-refractivity contribution >= 4 is 16.7 Å². The van der Waals surface area contributed by atoms with Crippen LogP contribution >= 0.6 is 0 Å². The molecule has 0 saturated heterocycles. The van der Waals surface area contributed by atoms with Gasteiger partial charge in [-0.15, -0.1) is 0 Å². The van der Waals surface area contributed by atoms with Gasteiger partial charge in [-0.1, -0.05) is 6.92 Å². The number of hydrogen-bond donors (Lipinski definition) is 6. The second-order valence-electron chi connectivity index (χ2n) is 5.73. The van der Waals surface area contributed by atoms with Gasteiger partial charge in [-0.25, -0.2) is 4.79 Å². The van der Waals surface area contributed by atoms with Crippen LogP contribution in [0, 0.1) is 5.92 Å². The van der Waals surface area contributed by atoms with Crippen LogP contribution in [0.4, 0.5) is 5.69 Å². The van der Waals surface area contributed by atoms with Crippen molar-refractivity contribution in [3.05, 3.63) is 40.8 Å². The molecule has 0 spiro atoms. The van der Waals surface area contributed by atoms with Crippen LogP contribution in [0.25, 0.3) is 11.0 Å². The van der Waals surface area contributed by atoms with Crippen LogP contribution in [0.3, 0.4) is 0 Å². The summed E-state index contributed by atoms with van der Waals surface area (Å²) in [5.74, 6) is -0.655. The standard InChI is InChI=1S/C16H21NO7/c1-8(7-18)14(20)15(21)13(16(22)23)17-10-4-2-9-3-5-12(19)24-11(9)6-10/h2-6,8,13-18,20-23H,7H2,1H3/t8?,13?,14-,15?/m0/s1. The van der Waals surface area contributed by atoms with Gasteiger partial charge < -0.3 is 35.3 Å². The van der Waals surface area contributed by atoms with Crippen molar-refractivity contribution in [1.82, 2.24) is 0 Å². The Morgan fingerprint density at radius 1 is 1.08 bits per heavy atom. The number of hydrogen-bond acceptors (Lipinski definition) is 8. The first-order valence-electron chi connectivity index (χ1n) is 7.47. The highest BCUT2D eigenvalue weighted by atomic mass is 16.5. The summed E-state index contributed by atoms with van der Waals surface area (Å²) < 4.78 is 5.04. The molecule has 0 amide bonds. The van der Waals surface area contributed by atoms with Crippen LogP contribution in [-0.2, 0) is 0 Å². The topological polar surface area (TPSA) is 143 Å². The molecule has 3 unspecified atom stereocenters. The van der Waals surface area contributed by atoms with Gasteiger partial charge in [0.1, 0.15) is 17.7 Å². The zero-order valence-corrected chi connectivity index (χ0v) is 13.0. The number of aliphatic hydroxyl groups excluding tert-OH is 4. The van der Waals surface area contributed by atoms with Crippen LogP contribution in [0.1, 0.15) is 6.92 Å². The fraction of sp³-hybridized carbons (Fsp3) is 0.438. The minimum absolute atomic E-state index is 0.289. The molecule has 8 nitrogen and oxygen atoms in total. The van der Waals surface area contributed by atoms with Gasteiger partial charge in [0.2, 0.25) is 0 Å². The normalized spacial score (nSPS) is 16.8. The summed E-state index contributed by atoms with van der Waals surface area (Å²) in [4.78, 5) is 11.3. The minimum Gasteiger partial charge on any atom is -0.423 e. The van der Waals surface area contributed by atoms with Crippen LogP contribution in [0.2, 0.25) is 0 Å². The van der Waals surface area contributed by atoms with E-state index < -0.39 is 36.1 Å². The third kappa shape index (κ3) is 4.11. The molecule has 1 aromatic carbocycles. The van der Waals surface area contributed by atoms with Crippen molar-refractivity contribution in [1.29, 1.82) is 0 Å². The third-order valence-corrected chi connectivity index (χ3v) is 3.87. The summed E-state index contributed by atoms with van der Waals surface area (Å²) in [7, 11) is 0. The van der Waals surface area contributed by atoms with Gasteiger partial charge in [0, 0.05) is 35.7 Å². The van der Waals surface area contributed by atoms with Gasteiger partial charge in [0.05, 0.1) is 6.10 Å². The van der Waals surface area contributed by atoms with Crippen molar-refractivity contribution in [2.75, 3.05) is 11.9 Å². The number of rotatable bonds is 7. The molecule has 8 heteroatoms. The van der Waals surface area contributed by atoms with E-state index in [1.807, 2.05) is 0 Å². The Morgan fingerprint density at radius 3 is 2.38 bits per heavy atom. The van der Waals surface area contributed by atoms with Crippen molar-refractivity contribution in [2.24, 2.45) is 5.92 Å². The van der Waals surface area contributed by atoms with Crippen molar-refractivity contribution < 1.29 is 29.9 Å². The lowest BCUT2D eigenvalue weighted by molar-refractivity contribution is -0.113. The van der Waals surface area contributed by atoms with E-state index in [-0.39, 0.29) is 12.2 Å². The van der Waals surface area contributed by atoms with E-state index in [0.29, 0.717) is 11.1 Å². The predicted octanol–water partition coefficient (Wildman–Crippen LogP) is -0.766. The summed E-state index contributed by atoms with van der Waals surface area (Å²) in [5.41, 5.74) is 0.126. The van der Waals surface area contributed by atoms with Gasteiger partial charge in [-0.3, -0.25) is 0 Å². The first kappa shape index (κ1) is 18.4. The molecule has 0 radical (unpaired) electrons. The molecule has 2 aromatic rings. The number of nitrogens with one attached hydrogen (secondary N) is 1. The molecule has 0 bridgehead atoms. The maximum Gasteiger partial charge on any atom is 0.336 e. The maximum atomic E-state index is 11.3. The SMILES string of the molecule is CC(CO)[C@H](O)C(O)C(Nc1ccc2ccc(=O)oc2c1)C(O)O. The third-order valence-electron chi connectivity index (χ3n) is 3.87. The van der Waals surface area contributed by atoms with Gasteiger partial charge in [-0.2, -0.15) is 0 Å². The second kappa shape index (κ2) is 7.73. The molecule has 0 saturated carbocycles. The van der Waals surface area contributed by atoms with Crippen molar-refractivity contribution in [3.8, 4) is 0 Å². The number of benzene rings is 1. The lowest BCUT2D eigenvalue weighted by Gasteiger charge is -2.31. The Hall–Kier alpha value is -1.97. The largest absolute Gasteiger partial charge is 0.423 e. The molecule has 24 heavy (non-hydrogen) atoms. The van der Waals surface area contributed by atoms with E-state index in [1.54, 1.807) is 18.2 Å². The number of aliphatic hydroxyl groups is 5. The minimum atomic E-state index is -1.97. The molecular weight excluding hydrogens is 318 g/mol. The molecule has 1 heterocycles. The van der Waals surface area contributed by atoms with E-state index >= 15 is 0 Å². The number of fused-ring (bicyclic) bond motifs is 1. The van der Waals surface area contributed by atoms with Crippen molar-refractivity contribution in [3.63, 3.8) is 0 Å². The van der Waals surface area contributed by atoms with E-state index in [0.717, 1.165) is 0 Å². The Labute approximate surface area is 137 Å². The fourth-order valence-corrected chi connectivity index (χ4v) is 2.34. The monoisotopic (exact) mass is 339 g/mol. The summed E-state index contributed by atoms with van der Waals surface area (Å²) in [6, 6.07) is 6.28. The van der Waals surface area contributed by atoms with Gasteiger partial charge >= 0.3 is 5.63 Å². The Kier molecular flexibility index (Phi) is 5.92. The lowest BCUT2D eigenvalue weighted by atomic mass is 9.95.